The first-order valence-electron chi connectivity index (χ1n) is 11.0. The van der Waals surface area contributed by atoms with Crippen LogP contribution < -0.4 is 5.32 Å². The summed E-state index contributed by atoms with van der Waals surface area (Å²) < 4.78 is 37.0. The van der Waals surface area contributed by atoms with Crippen LogP contribution in [-0.4, -0.2) is 69.2 Å². The lowest BCUT2D eigenvalue weighted by atomic mass is 9.97. The van der Waals surface area contributed by atoms with Crippen LogP contribution in [0.15, 0.2) is 45.9 Å². The van der Waals surface area contributed by atoms with Crippen LogP contribution in [0, 0.1) is 5.92 Å². The van der Waals surface area contributed by atoms with Crippen LogP contribution in [0.5, 0.6) is 0 Å². The Morgan fingerprint density at radius 2 is 1.74 bits per heavy atom. The second-order valence-electron chi connectivity index (χ2n) is 8.13. The van der Waals surface area contributed by atoms with Crippen LogP contribution in [-0.2, 0) is 26.1 Å². The molecule has 0 bridgehead atoms. The molecule has 11 heteroatoms. The van der Waals surface area contributed by atoms with Gasteiger partial charge in [0.15, 0.2) is 0 Å². The molecule has 0 radical (unpaired) electrons. The summed E-state index contributed by atoms with van der Waals surface area (Å²) >= 11 is 0. The molecule has 1 N–H and O–H groups in total. The van der Waals surface area contributed by atoms with Gasteiger partial charge in [0, 0.05) is 45.2 Å². The predicted octanol–water partition coefficient (Wildman–Crippen LogP) is 1.88. The fourth-order valence-corrected chi connectivity index (χ4v) is 4.99. The number of carbonyl (C=O) groups is 3. The van der Waals surface area contributed by atoms with Gasteiger partial charge in [0.2, 0.25) is 16.8 Å². The maximum absolute atomic E-state index is 12.8. The molecule has 1 fully saturated rings. The summed E-state index contributed by atoms with van der Waals surface area (Å²) in [6.07, 6.45) is 0.736. The molecule has 1 aromatic heterocycles. The molecule has 2 heterocycles. The standard InChI is InChI=1S/C23H29N3O7S/c1-4-32-23(29)19-9-10-20(33-19)34(30,31)26-13-11-17(12-14-26)21(27)24-15-16-5-7-18(8-6-16)22(28)25(2)3/h5-10,17H,4,11-15H2,1-3H3,(H,24,27). The molecule has 34 heavy (non-hydrogen) atoms. The Labute approximate surface area is 198 Å². The summed E-state index contributed by atoms with van der Waals surface area (Å²) in [5, 5.41) is 2.56. The van der Waals surface area contributed by atoms with Crippen molar-refractivity contribution in [3.8, 4) is 0 Å². The first-order chi connectivity index (χ1) is 16.1. The Kier molecular flexibility index (Phi) is 8.11. The number of esters is 1. The molecular weight excluding hydrogens is 462 g/mol. The largest absolute Gasteiger partial charge is 0.460 e. The Morgan fingerprint density at radius 1 is 1.09 bits per heavy atom. The molecule has 2 amide bonds. The van der Waals surface area contributed by atoms with Gasteiger partial charge in [-0.3, -0.25) is 9.59 Å². The second-order valence-corrected chi connectivity index (χ2v) is 10.0. The molecule has 1 saturated heterocycles. The Balaban J connectivity index is 1.51. The minimum Gasteiger partial charge on any atom is -0.460 e. The Hall–Kier alpha value is -3.18. The predicted molar refractivity (Wildman–Crippen MR) is 122 cm³/mol. The number of ether oxygens (including phenoxy) is 1. The summed E-state index contributed by atoms with van der Waals surface area (Å²) in [6, 6.07) is 9.52. The van der Waals surface area contributed by atoms with Gasteiger partial charge in [-0.2, -0.15) is 4.31 Å². The van der Waals surface area contributed by atoms with Gasteiger partial charge in [-0.1, -0.05) is 12.1 Å². The van der Waals surface area contributed by atoms with Crippen LogP contribution in [0.4, 0.5) is 0 Å². The third kappa shape index (κ3) is 5.84. The van der Waals surface area contributed by atoms with E-state index in [4.69, 9.17) is 9.15 Å². The number of hydrogen-bond acceptors (Lipinski definition) is 7. The van der Waals surface area contributed by atoms with Crippen molar-refractivity contribution in [1.82, 2.24) is 14.5 Å². The van der Waals surface area contributed by atoms with Crippen molar-refractivity contribution in [2.24, 2.45) is 5.92 Å². The van der Waals surface area contributed by atoms with Crippen molar-refractivity contribution in [1.29, 1.82) is 0 Å². The molecule has 0 aliphatic carbocycles. The van der Waals surface area contributed by atoms with Crippen LogP contribution in [0.25, 0.3) is 0 Å². The second kappa shape index (κ2) is 10.8. The molecular formula is C23H29N3O7S. The van der Waals surface area contributed by atoms with Crippen molar-refractivity contribution in [3.63, 3.8) is 0 Å². The third-order valence-electron chi connectivity index (χ3n) is 5.55. The van der Waals surface area contributed by atoms with Crippen LogP contribution in [0.3, 0.4) is 0 Å². The summed E-state index contributed by atoms with van der Waals surface area (Å²) in [5.74, 6) is -1.45. The Bertz CT molecular complexity index is 1130. The molecule has 0 atom stereocenters. The van der Waals surface area contributed by atoms with E-state index in [0.717, 1.165) is 5.56 Å². The number of amides is 2. The lowest BCUT2D eigenvalue weighted by molar-refractivity contribution is -0.126. The van der Waals surface area contributed by atoms with E-state index in [1.165, 1.54) is 21.3 Å². The topological polar surface area (TPSA) is 126 Å². The maximum Gasteiger partial charge on any atom is 0.374 e. The van der Waals surface area contributed by atoms with Gasteiger partial charge in [0.25, 0.3) is 15.9 Å². The highest BCUT2D eigenvalue weighted by molar-refractivity contribution is 7.89. The first kappa shape index (κ1) is 25.4. The minimum absolute atomic E-state index is 0.0936. The number of hydrogen-bond donors (Lipinski definition) is 1. The molecule has 0 saturated carbocycles. The van der Waals surface area contributed by atoms with Crippen LogP contribution in [0.1, 0.15) is 46.2 Å². The Morgan fingerprint density at radius 3 is 2.32 bits per heavy atom. The van der Waals surface area contributed by atoms with E-state index in [1.807, 2.05) is 0 Å². The zero-order valence-electron chi connectivity index (χ0n) is 19.4. The van der Waals surface area contributed by atoms with E-state index >= 15 is 0 Å². The van der Waals surface area contributed by atoms with E-state index in [-0.39, 0.29) is 48.3 Å². The maximum atomic E-state index is 12.8. The summed E-state index contributed by atoms with van der Waals surface area (Å²) in [4.78, 5) is 37.8. The number of sulfonamides is 1. The van der Waals surface area contributed by atoms with E-state index in [2.05, 4.69) is 5.32 Å². The average Bonchev–Trinajstić information content (AvgIpc) is 3.34. The number of benzene rings is 1. The molecule has 1 aromatic carbocycles. The van der Waals surface area contributed by atoms with E-state index in [1.54, 1.807) is 45.3 Å². The smallest absolute Gasteiger partial charge is 0.374 e. The van der Waals surface area contributed by atoms with Gasteiger partial charge < -0.3 is 19.4 Å². The highest BCUT2D eigenvalue weighted by atomic mass is 32.2. The van der Waals surface area contributed by atoms with E-state index in [9.17, 15) is 22.8 Å². The quantitative estimate of drug-likeness (QED) is 0.559. The zero-order valence-corrected chi connectivity index (χ0v) is 20.3. The number of piperidine rings is 1. The lowest BCUT2D eigenvalue weighted by Crippen LogP contribution is -2.42. The SMILES string of the molecule is CCOC(=O)c1ccc(S(=O)(=O)N2CCC(C(=O)NCc3ccc(C(=O)N(C)C)cc3)CC2)o1. The van der Waals surface area contributed by atoms with E-state index in [0.29, 0.717) is 24.9 Å². The molecule has 3 rings (SSSR count). The highest BCUT2D eigenvalue weighted by Gasteiger charge is 2.34. The van der Waals surface area contributed by atoms with E-state index < -0.39 is 16.0 Å². The fraction of sp³-hybridized carbons (Fsp3) is 0.435. The molecule has 10 nitrogen and oxygen atoms in total. The number of furan rings is 1. The molecule has 0 unspecified atom stereocenters. The van der Waals surface area contributed by atoms with Gasteiger partial charge in [0.1, 0.15) is 0 Å². The fourth-order valence-electron chi connectivity index (χ4n) is 3.61. The molecule has 184 valence electrons. The molecule has 1 aliphatic heterocycles. The normalized spacial score (nSPS) is 15.0. The first-order valence-corrected chi connectivity index (χ1v) is 12.4. The summed E-state index contributed by atoms with van der Waals surface area (Å²) in [6.45, 7) is 2.44. The van der Waals surface area contributed by atoms with Crippen molar-refractivity contribution in [3.05, 3.63) is 53.3 Å². The number of carbonyl (C=O) groups excluding carboxylic acids is 3. The van der Waals surface area contributed by atoms with Crippen molar-refractivity contribution in [2.75, 3.05) is 33.8 Å². The molecule has 1 aliphatic rings. The number of rotatable bonds is 8. The summed E-state index contributed by atoms with van der Waals surface area (Å²) in [5.41, 5.74) is 1.43. The molecule has 0 spiro atoms. The lowest BCUT2D eigenvalue weighted by Gasteiger charge is -2.29. The minimum atomic E-state index is -3.92. The van der Waals surface area contributed by atoms with Gasteiger partial charge in [0.05, 0.1) is 6.61 Å². The highest BCUT2D eigenvalue weighted by Crippen LogP contribution is 2.25. The van der Waals surface area contributed by atoms with Gasteiger partial charge >= 0.3 is 5.97 Å². The van der Waals surface area contributed by atoms with Crippen LogP contribution in [0.2, 0.25) is 0 Å². The van der Waals surface area contributed by atoms with Crippen LogP contribution >= 0.6 is 0 Å². The zero-order chi connectivity index (χ0) is 24.9. The van der Waals surface area contributed by atoms with Gasteiger partial charge in [-0.15, -0.1) is 0 Å². The average molecular weight is 492 g/mol. The summed E-state index contributed by atoms with van der Waals surface area (Å²) in [7, 11) is -0.549. The number of nitrogens with zero attached hydrogens (tertiary/aromatic N) is 2. The monoisotopic (exact) mass is 491 g/mol. The van der Waals surface area contributed by atoms with Crippen molar-refractivity contribution >= 4 is 27.8 Å². The van der Waals surface area contributed by atoms with Gasteiger partial charge in [-0.25, -0.2) is 13.2 Å². The van der Waals surface area contributed by atoms with Crippen molar-refractivity contribution < 1.29 is 32.0 Å². The molecule has 2 aromatic rings. The van der Waals surface area contributed by atoms with Gasteiger partial charge in [-0.05, 0) is 49.6 Å². The van der Waals surface area contributed by atoms with Crippen molar-refractivity contribution in [2.45, 2.75) is 31.4 Å². The number of nitrogens with one attached hydrogen (secondary N) is 1. The third-order valence-corrected chi connectivity index (χ3v) is 7.32.